The monoisotopic (exact) mass is 354 g/mol. The molecule has 0 aliphatic heterocycles. The number of anilines is 1. The van der Waals surface area contributed by atoms with E-state index in [-0.39, 0.29) is 0 Å². The van der Waals surface area contributed by atoms with Gasteiger partial charge in [0.05, 0.1) is 17.4 Å². The smallest absolute Gasteiger partial charge is 0.116 e. The van der Waals surface area contributed by atoms with Gasteiger partial charge in [-0.1, -0.05) is 42.5 Å². The normalized spacial score (nSPS) is 14.3. The number of benzene rings is 2. The fourth-order valence-electron chi connectivity index (χ4n) is 3.89. The average Bonchev–Trinajstić information content (AvgIpc) is 2.99. The van der Waals surface area contributed by atoms with Crippen molar-refractivity contribution in [3.8, 4) is 22.4 Å². The molecule has 2 aromatic heterocycles. The van der Waals surface area contributed by atoms with Crippen LogP contribution in [0.3, 0.4) is 0 Å². The maximum Gasteiger partial charge on any atom is 0.116 e. The number of aromatic nitrogens is 3. The number of hydrogen-bond donors (Lipinski definition) is 1. The predicted octanol–water partition coefficient (Wildman–Crippen LogP) is 5.27. The first-order valence-electron chi connectivity index (χ1n) is 9.52. The highest BCUT2D eigenvalue weighted by molar-refractivity contribution is 6.02. The summed E-state index contributed by atoms with van der Waals surface area (Å²) in [4.78, 5) is 8.85. The molecule has 0 atom stereocenters. The van der Waals surface area contributed by atoms with E-state index >= 15 is 0 Å². The van der Waals surface area contributed by atoms with E-state index in [4.69, 9.17) is 0 Å². The molecule has 4 nitrogen and oxygen atoms in total. The van der Waals surface area contributed by atoms with Crippen molar-refractivity contribution < 1.29 is 0 Å². The lowest BCUT2D eigenvalue weighted by molar-refractivity contribution is 0.445. The third-order valence-corrected chi connectivity index (χ3v) is 5.56. The first kappa shape index (κ1) is 16.1. The highest BCUT2D eigenvalue weighted by atomic mass is 15.0. The van der Waals surface area contributed by atoms with Crippen LogP contribution in [0, 0.1) is 0 Å². The summed E-state index contributed by atoms with van der Waals surface area (Å²) in [6.07, 6.45) is 7.42. The Bertz CT molecular complexity index is 1080. The molecule has 4 aromatic rings. The molecule has 1 fully saturated rings. The molecule has 0 unspecified atom stereocenters. The number of hydrogen-bond acceptors (Lipinski definition) is 3. The van der Waals surface area contributed by atoms with Gasteiger partial charge >= 0.3 is 0 Å². The van der Waals surface area contributed by atoms with Crippen molar-refractivity contribution in [1.29, 1.82) is 0 Å². The van der Waals surface area contributed by atoms with Gasteiger partial charge in [0.25, 0.3) is 0 Å². The van der Waals surface area contributed by atoms with Crippen LogP contribution in [0.25, 0.3) is 33.4 Å². The molecule has 1 aliphatic carbocycles. The lowest BCUT2D eigenvalue weighted by Crippen LogP contribution is -2.26. The number of fused-ring (bicyclic) bond motifs is 1. The van der Waals surface area contributed by atoms with Crippen molar-refractivity contribution in [3.63, 3.8) is 0 Å². The molecule has 1 saturated carbocycles. The molecule has 0 spiro atoms. The maximum atomic E-state index is 4.61. The second-order valence-electron chi connectivity index (χ2n) is 7.25. The molecule has 4 heteroatoms. The summed E-state index contributed by atoms with van der Waals surface area (Å²) in [6, 6.07) is 19.9. The van der Waals surface area contributed by atoms with E-state index in [0.717, 1.165) is 16.6 Å². The van der Waals surface area contributed by atoms with Crippen LogP contribution < -0.4 is 5.32 Å². The van der Waals surface area contributed by atoms with Crippen molar-refractivity contribution in [3.05, 3.63) is 67.1 Å². The Labute approximate surface area is 158 Å². The number of rotatable bonds is 4. The molecule has 0 bridgehead atoms. The molecule has 134 valence electrons. The van der Waals surface area contributed by atoms with Crippen molar-refractivity contribution in [2.45, 2.75) is 25.3 Å². The third-order valence-electron chi connectivity index (χ3n) is 5.56. The second-order valence-corrected chi connectivity index (χ2v) is 7.25. The van der Waals surface area contributed by atoms with Gasteiger partial charge in [-0.3, -0.25) is 0 Å². The van der Waals surface area contributed by atoms with E-state index < -0.39 is 0 Å². The Hall–Kier alpha value is -3.14. The van der Waals surface area contributed by atoms with Gasteiger partial charge in [0, 0.05) is 24.3 Å². The summed E-state index contributed by atoms with van der Waals surface area (Å²) in [6.45, 7) is 0. The molecular weight excluding hydrogens is 332 g/mol. The highest BCUT2D eigenvalue weighted by Gasteiger charge is 2.20. The van der Waals surface area contributed by atoms with Crippen LogP contribution in [-0.2, 0) is 7.05 Å². The summed E-state index contributed by atoms with van der Waals surface area (Å²) in [7, 11) is 2.09. The molecule has 0 amide bonds. The largest absolute Gasteiger partial charge is 0.382 e. The summed E-state index contributed by atoms with van der Waals surface area (Å²) in [5, 5.41) is 3.61. The molecule has 0 saturated heterocycles. The van der Waals surface area contributed by atoms with Crippen LogP contribution in [0.4, 0.5) is 5.69 Å². The molecule has 0 radical (unpaired) electrons. The Morgan fingerprint density at radius 2 is 1.74 bits per heavy atom. The predicted molar refractivity (Wildman–Crippen MR) is 111 cm³/mol. The standard InChI is InChI=1S/C23H22N4/c1-27-20-14-24-15-25-22(20)21(23(27)17-6-3-2-4-7-17)16-10-12-19(13-11-16)26-18-8-5-9-18/h2-4,6-7,10-15,18,26H,5,8-9H2,1H3. The molecule has 2 aromatic carbocycles. The number of nitrogens with one attached hydrogen (secondary N) is 1. The van der Waals surface area contributed by atoms with Gasteiger partial charge in [-0.2, -0.15) is 0 Å². The minimum atomic E-state index is 0.640. The van der Waals surface area contributed by atoms with Gasteiger partial charge in [0.2, 0.25) is 0 Å². The van der Waals surface area contributed by atoms with E-state index in [9.17, 15) is 0 Å². The third kappa shape index (κ3) is 2.78. The highest BCUT2D eigenvalue weighted by Crippen LogP contribution is 2.39. The van der Waals surface area contributed by atoms with Crippen molar-refractivity contribution in [2.75, 3.05) is 5.32 Å². The Morgan fingerprint density at radius 3 is 2.44 bits per heavy atom. The Morgan fingerprint density at radius 1 is 0.963 bits per heavy atom. The fraction of sp³-hybridized carbons (Fsp3) is 0.217. The van der Waals surface area contributed by atoms with Crippen molar-refractivity contribution in [2.24, 2.45) is 7.05 Å². The molecule has 27 heavy (non-hydrogen) atoms. The molecule has 1 aliphatic rings. The quantitative estimate of drug-likeness (QED) is 0.543. The van der Waals surface area contributed by atoms with Crippen LogP contribution in [0.1, 0.15) is 19.3 Å². The van der Waals surface area contributed by atoms with Crippen LogP contribution in [0.5, 0.6) is 0 Å². The first-order chi connectivity index (χ1) is 13.3. The van der Waals surface area contributed by atoms with E-state index in [1.165, 1.54) is 41.8 Å². The van der Waals surface area contributed by atoms with Crippen LogP contribution in [0.2, 0.25) is 0 Å². The fourth-order valence-corrected chi connectivity index (χ4v) is 3.89. The van der Waals surface area contributed by atoms with Crippen molar-refractivity contribution >= 4 is 16.7 Å². The Balaban J connectivity index is 1.65. The summed E-state index contributed by atoms with van der Waals surface area (Å²) < 4.78 is 2.19. The number of aryl methyl sites for hydroxylation is 1. The Kier molecular flexibility index (Phi) is 3.89. The van der Waals surface area contributed by atoms with E-state index in [2.05, 4.69) is 75.4 Å². The first-order valence-corrected chi connectivity index (χ1v) is 9.52. The van der Waals surface area contributed by atoms with E-state index in [1.54, 1.807) is 6.33 Å². The van der Waals surface area contributed by atoms with E-state index in [1.807, 2.05) is 12.3 Å². The minimum absolute atomic E-state index is 0.640. The van der Waals surface area contributed by atoms with Gasteiger partial charge in [-0.15, -0.1) is 0 Å². The maximum absolute atomic E-state index is 4.61. The van der Waals surface area contributed by atoms with Gasteiger partial charge in [0.15, 0.2) is 0 Å². The topological polar surface area (TPSA) is 42.7 Å². The summed E-state index contributed by atoms with van der Waals surface area (Å²) in [5.74, 6) is 0. The van der Waals surface area contributed by atoms with Crippen LogP contribution >= 0.6 is 0 Å². The SMILES string of the molecule is Cn1c(-c2ccccc2)c(-c2ccc(NC3CCC3)cc2)c2ncncc21. The van der Waals surface area contributed by atoms with Gasteiger partial charge < -0.3 is 9.88 Å². The van der Waals surface area contributed by atoms with Gasteiger partial charge in [-0.25, -0.2) is 9.97 Å². The molecule has 1 N–H and O–H groups in total. The zero-order chi connectivity index (χ0) is 18.2. The summed E-state index contributed by atoms with van der Waals surface area (Å²) >= 11 is 0. The zero-order valence-corrected chi connectivity index (χ0v) is 15.4. The van der Waals surface area contributed by atoms with E-state index in [0.29, 0.717) is 6.04 Å². The van der Waals surface area contributed by atoms with Crippen molar-refractivity contribution in [1.82, 2.24) is 14.5 Å². The summed E-state index contributed by atoms with van der Waals surface area (Å²) in [5.41, 5.74) is 7.93. The minimum Gasteiger partial charge on any atom is -0.382 e. The van der Waals surface area contributed by atoms with Gasteiger partial charge in [0.1, 0.15) is 11.8 Å². The van der Waals surface area contributed by atoms with Gasteiger partial charge in [-0.05, 0) is 42.5 Å². The van der Waals surface area contributed by atoms with Crippen LogP contribution in [0.15, 0.2) is 67.1 Å². The van der Waals surface area contributed by atoms with Crippen LogP contribution in [-0.4, -0.2) is 20.6 Å². The average molecular weight is 354 g/mol. The molecular formula is C23H22N4. The molecule has 2 heterocycles. The number of nitrogens with zero attached hydrogens (tertiary/aromatic N) is 3. The zero-order valence-electron chi connectivity index (χ0n) is 15.4. The lowest BCUT2D eigenvalue weighted by Gasteiger charge is -2.27. The lowest BCUT2D eigenvalue weighted by atomic mass is 9.93. The molecule has 5 rings (SSSR count). The second kappa shape index (κ2) is 6.54.